The van der Waals surface area contributed by atoms with Crippen LogP contribution in [0.2, 0.25) is 0 Å². The highest BCUT2D eigenvalue weighted by atomic mass is 16.6. The fourth-order valence-electron chi connectivity index (χ4n) is 3.73. The number of hydrogen-bond acceptors (Lipinski definition) is 6. The molecule has 7 heteroatoms. The van der Waals surface area contributed by atoms with Crippen LogP contribution in [0.1, 0.15) is 21.6 Å². The molecule has 5 rings (SSSR count). The van der Waals surface area contributed by atoms with Gasteiger partial charge in [0.2, 0.25) is 0 Å². The Hall–Kier alpha value is -3.48. The van der Waals surface area contributed by atoms with E-state index in [9.17, 15) is 4.79 Å². The molecule has 0 aliphatic carbocycles. The molecule has 1 unspecified atom stereocenters. The summed E-state index contributed by atoms with van der Waals surface area (Å²) in [6.45, 7) is 3.45. The molecule has 1 aromatic heterocycles. The minimum Gasteiger partial charge on any atom is -0.491 e. The first-order chi connectivity index (χ1) is 14.2. The summed E-state index contributed by atoms with van der Waals surface area (Å²) < 4.78 is 22.6. The van der Waals surface area contributed by atoms with Crippen molar-refractivity contribution in [3.8, 4) is 28.6 Å². The molecule has 2 aliphatic rings. The van der Waals surface area contributed by atoms with Crippen LogP contribution < -0.4 is 19.5 Å². The maximum absolute atomic E-state index is 12.9. The highest BCUT2D eigenvalue weighted by molar-refractivity contribution is 5.98. The summed E-state index contributed by atoms with van der Waals surface area (Å²) >= 11 is 0. The van der Waals surface area contributed by atoms with Crippen LogP contribution in [-0.2, 0) is 6.42 Å². The minimum atomic E-state index is -0.298. The Morgan fingerprint density at radius 2 is 1.97 bits per heavy atom. The van der Waals surface area contributed by atoms with E-state index in [1.807, 2.05) is 37.3 Å². The summed E-state index contributed by atoms with van der Waals surface area (Å²) in [5, 5.41) is 3.01. The van der Waals surface area contributed by atoms with Gasteiger partial charge in [0.1, 0.15) is 25.6 Å². The van der Waals surface area contributed by atoms with Crippen molar-refractivity contribution >= 4 is 5.91 Å². The van der Waals surface area contributed by atoms with E-state index in [1.165, 1.54) is 6.39 Å². The number of amides is 1. The van der Waals surface area contributed by atoms with Gasteiger partial charge < -0.3 is 23.9 Å². The van der Waals surface area contributed by atoms with Gasteiger partial charge in [-0.25, -0.2) is 4.98 Å². The first-order valence-electron chi connectivity index (χ1n) is 9.54. The summed E-state index contributed by atoms with van der Waals surface area (Å²) in [5.74, 6) is 2.32. The van der Waals surface area contributed by atoms with Gasteiger partial charge in [0, 0.05) is 5.56 Å². The summed E-state index contributed by atoms with van der Waals surface area (Å²) in [5.41, 5.74) is 3.13. The smallest absolute Gasteiger partial charge is 0.274 e. The summed E-state index contributed by atoms with van der Waals surface area (Å²) in [6.07, 6.45) is 1.98. The number of aryl methyl sites for hydroxylation is 1. The lowest BCUT2D eigenvalue weighted by atomic mass is 10.00. The number of hydrogen-bond donors (Lipinski definition) is 1. The van der Waals surface area contributed by atoms with Gasteiger partial charge in [-0.3, -0.25) is 4.79 Å². The Bertz CT molecular complexity index is 1070. The van der Waals surface area contributed by atoms with E-state index in [1.54, 1.807) is 6.07 Å². The maximum Gasteiger partial charge on any atom is 0.274 e. The predicted octanol–water partition coefficient (Wildman–Crippen LogP) is 3.15. The van der Waals surface area contributed by atoms with Crippen LogP contribution in [0, 0.1) is 6.92 Å². The second-order valence-corrected chi connectivity index (χ2v) is 7.14. The van der Waals surface area contributed by atoms with Gasteiger partial charge in [0.25, 0.3) is 5.91 Å². The molecule has 1 amide bonds. The van der Waals surface area contributed by atoms with Crippen molar-refractivity contribution in [3.05, 3.63) is 59.6 Å². The number of ether oxygens (including phenoxy) is 3. The Kier molecular flexibility index (Phi) is 4.35. The van der Waals surface area contributed by atoms with E-state index < -0.39 is 0 Å². The molecular weight excluding hydrogens is 372 g/mol. The van der Waals surface area contributed by atoms with Gasteiger partial charge >= 0.3 is 0 Å². The largest absolute Gasteiger partial charge is 0.491 e. The van der Waals surface area contributed by atoms with Crippen molar-refractivity contribution in [2.45, 2.75) is 19.4 Å². The fourth-order valence-corrected chi connectivity index (χ4v) is 3.73. The van der Waals surface area contributed by atoms with Gasteiger partial charge in [-0.2, -0.15) is 0 Å². The lowest BCUT2D eigenvalue weighted by molar-refractivity contribution is 0.0911. The van der Waals surface area contributed by atoms with Gasteiger partial charge in [-0.15, -0.1) is 0 Å². The highest BCUT2D eigenvalue weighted by Crippen LogP contribution is 2.35. The van der Waals surface area contributed by atoms with Gasteiger partial charge in [-0.05, 0) is 42.7 Å². The molecule has 0 saturated carbocycles. The van der Waals surface area contributed by atoms with Crippen LogP contribution in [0.5, 0.6) is 17.2 Å². The molecule has 148 valence electrons. The molecule has 0 saturated heterocycles. The van der Waals surface area contributed by atoms with Crippen molar-refractivity contribution in [2.75, 3.05) is 19.8 Å². The quantitative estimate of drug-likeness (QED) is 0.737. The zero-order chi connectivity index (χ0) is 19.8. The molecule has 7 nitrogen and oxygen atoms in total. The van der Waals surface area contributed by atoms with Crippen LogP contribution in [0.4, 0.5) is 0 Å². The summed E-state index contributed by atoms with van der Waals surface area (Å²) in [6, 6.07) is 11.3. The average Bonchev–Trinajstić information content (AvgIpc) is 3.24. The number of para-hydroxylation sites is 1. The first kappa shape index (κ1) is 17.6. The topological polar surface area (TPSA) is 82.8 Å². The molecule has 1 atom stereocenters. The number of aromatic nitrogens is 1. The predicted molar refractivity (Wildman–Crippen MR) is 105 cm³/mol. The van der Waals surface area contributed by atoms with Crippen LogP contribution >= 0.6 is 0 Å². The molecule has 3 heterocycles. The second kappa shape index (κ2) is 7.16. The number of carbonyl (C=O) groups is 1. The number of nitrogens with zero attached hydrogens (tertiary/aromatic N) is 1. The molecule has 0 bridgehead atoms. The van der Waals surface area contributed by atoms with Crippen LogP contribution in [0.15, 0.2) is 47.2 Å². The average molecular weight is 392 g/mol. The van der Waals surface area contributed by atoms with E-state index in [-0.39, 0.29) is 17.6 Å². The molecule has 0 spiro atoms. The third-order valence-electron chi connectivity index (χ3n) is 5.11. The van der Waals surface area contributed by atoms with E-state index in [4.69, 9.17) is 18.6 Å². The second-order valence-electron chi connectivity index (χ2n) is 7.14. The van der Waals surface area contributed by atoms with Gasteiger partial charge in [0.05, 0.1) is 6.04 Å². The normalized spacial score (nSPS) is 17.2. The lowest BCUT2D eigenvalue weighted by Gasteiger charge is -2.27. The fraction of sp³-hybridized carbons (Fsp3) is 0.273. The Labute approximate surface area is 167 Å². The zero-order valence-corrected chi connectivity index (χ0v) is 15.9. The van der Waals surface area contributed by atoms with Crippen molar-refractivity contribution in [3.63, 3.8) is 0 Å². The third-order valence-corrected chi connectivity index (χ3v) is 5.11. The van der Waals surface area contributed by atoms with Crippen molar-refractivity contribution < 1.29 is 23.4 Å². The molecule has 0 radical (unpaired) electrons. The number of carbonyl (C=O) groups excluding carboxylic acids is 1. The van der Waals surface area contributed by atoms with Crippen molar-refractivity contribution in [2.24, 2.45) is 0 Å². The molecule has 2 aliphatic heterocycles. The molecule has 29 heavy (non-hydrogen) atoms. The maximum atomic E-state index is 12.9. The van der Waals surface area contributed by atoms with E-state index >= 15 is 0 Å². The number of benzene rings is 2. The number of oxazole rings is 1. The van der Waals surface area contributed by atoms with Crippen LogP contribution in [0.25, 0.3) is 11.3 Å². The SMILES string of the molecule is Cc1cccc2c1OCC(NC(=O)c1ncoc1-c1ccc3c(c1)OCCO3)C2. The Morgan fingerprint density at radius 1 is 1.10 bits per heavy atom. The van der Waals surface area contributed by atoms with Crippen molar-refractivity contribution in [1.82, 2.24) is 10.3 Å². The first-order valence-corrected chi connectivity index (χ1v) is 9.54. The number of fused-ring (bicyclic) bond motifs is 2. The highest BCUT2D eigenvalue weighted by Gasteiger charge is 2.26. The van der Waals surface area contributed by atoms with Crippen LogP contribution in [0.3, 0.4) is 0 Å². The molecule has 2 aromatic carbocycles. The summed E-state index contributed by atoms with van der Waals surface area (Å²) in [7, 11) is 0. The number of nitrogens with one attached hydrogen (secondary N) is 1. The molecule has 0 fully saturated rings. The Balaban J connectivity index is 1.35. The van der Waals surface area contributed by atoms with E-state index in [0.29, 0.717) is 49.1 Å². The molecular formula is C22H20N2O5. The standard InChI is InChI=1S/C22H20N2O5/c1-13-3-2-4-14-9-16(11-28-20(13)14)24-22(25)19-21(29-12-23-19)15-5-6-17-18(10-15)27-8-7-26-17/h2-6,10,12,16H,7-9,11H2,1H3,(H,24,25). The molecule has 3 aromatic rings. The van der Waals surface area contributed by atoms with Gasteiger partial charge in [0.15, 0.2) is 29.3 Å². The zero-order valence-electron chi connectivity index (χ0n) is 15.9. The molecule has 1 N–H and O–H groups in total. The van der Waals surface area contributed by atoms with Gasteiger partial charge in [-0.1, -0.05) is 18.2 Å². The Morgan fingerprint density at radius 3 is 2.86 bits per heavy atom. The number of rotatable bonds is 3. The van der Waals surface area contributed by atoms with E-state index in [0.717, 1.165) is 16.9 Å². The van der Waals surface area contributed by atoms with E-state index in [2.05, 4.69) is 10.3 Å². The summed E-state index contributed by atoms with van der Waals surface area (Å²) in [4.78, 5) is 17.0. The third kappa shape index (κ3) is 3.29. The van der Waals surface area contributed by atoms with Crippen molar-refractivity contribution in [1.29, 1.82) is 0 Å². The lowest BCUT2D eigenvalue weighted by Crippen LogP contribution is -2.43. The minimum absolute atomic E-state index is 0.137. The van der Waals surface area contributed by atoms with Crippen LogP contribution in [-0.4, -0.2) is 36.8 Å². The monoisotopic (exact) mass is 392 g/mol.